The number of para-hydroxylation sites is 1. The molecular formula is C24H23N3O3S. The van der Waals surface area contributed by atoms with Gasteiger partial charge in [-0.2, -0.15) is 5.26 Å². The number of carbonyl (C=O) groups is 2. The Bertz CT molecular complexity index is 1230. The molecule has 0 bridgehead atoms. The lowest BCUT2D eigenvalue weighted by Crippen LogP contribution is -2.17. The van der Waals surface area contributed by atoms with E-state index in [0.717, 1.165) is 46.2 Å². The molecule has 0 fully saturated rings. The van der Waals surface area contributed by atoms with Crippen LogP contribution in [0.15, 0.2) is 36.0 Å². The first kappa shape index (κ1) is 20.9. The van der Waals surface area contributed by atoms with Gasteiger partial charge in [0.25, 0.3) is 5.91 Å². The number of ether oxygens (including phenoxy) is 1. The number of rotatable bonds is 5. The van der Waals surface area contributed by atoms with Crippen LogP contribution in [0.4, 0.5) is 5.00 Å². The Balaban J connectivity index is 1.67. The number of H-pyrrole nitrogens is 1. The van der Waals surface area contributed by atoms with E-state index >= 15 is 0 Å². The Morgan fingerprint density at radius 3 is 2.97 bits per heavy atom. The Kier molecular flexibility index (Phi) is 5.92. The van der Waals surface area contributed by atoms with Crippen LogP contribution >= 0.6 is 11.3 Å². The summed E-state index contributed by atoms with van der Waals surface area (Å²) in [7, 11) is 0. The molecule has 1 aliphatic rings. The Labute approximate surface area is 184 Å². The van der Waals surface area contributed by atoms with Crippen molar-refractivity contribution in [2.24, 2.45) is 5.92 Å². The Hall–Kier alpha value is -3.37. The average Bonchev–Trinajstić information content (AvgIpc) is 3.32. The highest BCUT2D eigenvalue weighted by molar-refractivity contribution is 7.17. The lowest BCUT2D eigenvalue weighted by molar-refractivity contribution is -0.112. The van der Waals surface area contributed by atoms with Crippen LogP contribution in [0.1, 0.15) is 46.6 Å². The van der Waals surface area contributed by atoms with Crippen LogP contribution in [0.5, 0.6) is 0 Å². The summed E-state index contributed by atoms with van der Waals surface area (Å²) < 4.78 is 5.25. The average molecular weight is 434 g/mol. The number of hydrogen-bond acceptors (Lipinski definition) is 5. The van der Waals surface area contributed by atoms with Crippen LogP contribution < -0.4 is 5.32 Å². The summed E-state index contributed by atoms with van der Waals surface area (Å²) in [4.78, 5) is 29.9. The number of carbonyl (C=O) groups excluding carboxylic acids is 2. The molecule has 1 amide bonds. The van der Waals surface area contributed by atoms with Crippen molar-refractivity contribution in [3.8, 4) is 6.07 Å². The Morgan fingerprint density at radius 1 is 1.39 bits per heavy atom. The molecule has 1 aliphatic carbocycles. The highest BCUT2D eigenvalue weighted by Gasteiger charge is 2.29. The van der Waals surface area contributed by atoms with Crippen molar-refractivity contribution >= 4 is 45.2 Å². The monoisotopic (exact) mass is 433 g/mol. The number of thiophene rings is 1. The number of aromatic amines is 1. The summed E-state index contributed by atoms with van der Waals surface area (Å²) in [6.07, 6.45) is 5.98. The second-order valence-electron chi connectivity index (χ2n) is 7.69. The largest absolute Gasteiger partial charge is 0.462 e. The van der Waals surface area contributed by atoms with Gasteiger partial charge in [-0.15, -0.1) is 11.3 Å². The number of nitriles is 1. The number of hydrogen-bond donors (Lipinski definition) is 2. The maximum atomic E-state index is 13.0. The van der Waals surface area contributed by atoms with Crippen molar-refractivity contribution in [1.29, 1.82) is 5.26 Å². The SMILES string of the molecule is CCOC(=O)c1c(NC(=O)/C(C#N)=C/c2c[nH]c3ccccc23)sc2c1CC[C@H](C)C2. The minimum Gasteiger partial charge on any atom is -0.462 e. The molecule has 31 heavy (non-hydrogen) atoms. The van der Waals surface area contributed by atoms with Crippen molar-refractivity contribution in [2.75, 3.05) is 11.9 Å². The maximum absolute atomic E-state index is 13.0. The molecule has 158 valence electrons. The number of benzene rings is 1. The number of fused-ring (bicyclic) bond motifs is 2. The van der Waals surface area contributed by atoms with Gasteiger partial charge >= 0.3 is 5.97 Å². The molecule has 0 saturated carbocycles. The summed E-state index contributed by atoms with van der Waals surface area (Å²) in [5.74, 6) is -0.435. The van der Waals surface area contributed by atoms with Gasteiger partial charge in [0.1, 0.15) is 16.6 Å². The molecule has 7 heteroatoms. The molecule has 0 unspecified atom stereocenters. The number of esters is 1. The van der Waals surface area contributed by atoms with Gasteiger partial charge < -0.3 is 15.0 Å². The standard InChI is InChI=1S/C24H23N3O3S/c1-3-30-24(29)21-18-9-8-14(2)10-20(18)31-23(21)27-22(28)15(12-25)11-16-13-26-19-7-5-4-6-17(16)19/h4-7,11,13-14,26H,3,8-10H2,1-2H3,(H,27,28)/b15-11+/t14-/m0/s1. The summed E-state index contributed by atoms with van der Waals surface area (Å²) in [5, 5.41) is 13.8. The van der Waals surface area contributed by atoms with E-state index in [4.69, 9.17) is 4.74 Å². The first-order valence-corrected chi connectivity index (χ1v) is 11.1. The molecule has 2 aromatic heterocycles. The molecule has 0 saturated heterocycles. The van der Waals surface area contributed by atoms with E-state index in [1.54, 1.807) is 19.2 Å². The molecule has 0 spiro atoms. The fourth-order valence-electron chi connectivity index (χ4n) is 3.95. The minimum absolute atomic E-state index is 0.0284. The van der Waals surface area contributed by atoms with E-state index in [1.165, 1.54) is 11.3 Å². The molecule has 1 atom stereocenters. The quantitative estimate of drug-likeness (QED) is 0.333. The van der Waals surface area contributed by atoms with Crippen LogP contribution in [0.2, 0.25) is 0 Å². The van der Waals surface area contributed by atoms with Crippen molar-refractivity contribution in [3.63, 3.8) is 0 Å². The van der Waals surface area contributed by atoms with Gasteiger partial charge in [0, 0.05) is 27.5 Å². The van der Waals surface area contributed by atoms with Crippen molar-refractivity contribution in [2.45, 2.75) is 33.1 Å². The highest BCUT2D eigenvalue weighted by atomic mass is 32.1. The predicted octanol–water partition coefficient (Wildman–Crippen LogP) is 5.08. The maximum Gasteiger partial charge on any atom is 0.341 e. The smallest absolute Gasteiger partial charge is 0.341 e. The topological polar surface area (TPSA) is 95.0 Å². The van der Waals surface area contributed by atoms with Crippen molar-refractivity contribution < 1.29 is 14.3 Å². The number of amides is 1. The molecule has 0 aliphatic heterocycles. The van der Waals surface area contributed by atoms with E-state index in [9.17, 15) is 14.9 Å². The molecule has 0 radical (unpaired) electrons. The van der Waals surface area contributed by atoms with E-state index < -0.39 is 11.9 Å². The zero-order chi connectivity index (χ0) is 22.0. The minimum atomic E-state index is -0.537. The van der Waals surface area contributed by atoms with Gasteiger partial charge in [-0.25, -0.2) is 4.79 Å². The highest BCUT2D eigenvalue weighted by Crippen LogP contribution is 2.40. The first-order chi connectivity index (χ1) is 15.0. The van der Waals surface area contributed by atoms with Crippen molar-refractivity contribution in [3.05, 3.63) is 57.6 Å². The van der Waals surface area contributed by atoms with Crippen molar-refractivity contribution in [1.82, 2.24) is 4.98 Å². The third kappa shape index (κ3) is 4.12. The second kappa shape index (κ2) is 8.78. The number of anilines is 1. The van der Waals surface area contributed by atoms with E-state index in [2.05, 4.69) is 17.2 Å². The lowest BCUT2D eigenvalue weighted by Gasteiger charge is -2.18. The van der Waals surface area contributed by atoms with Gasteiger partial charge in [0.2, 0.25) is 0 Å². The third-order valence-corrected chi connectivity index (χ3v) is 6.67. The van der Waals surface area contributed by atoms with E-state index in [-0.39, 0.29) is 12.2 Å². The number of nitrogens with zero attached hydrogens (tertiary/aromatic N) is 1. The molecule has 6 nitrogen and oxygen atoms in total. The third-order valence-electron chi connectivity index (χ3n) is 5.50. The van der Waals surface area contributed by atoms with Crippen LogP contribution in [0, 0.1) is 17.2 Å². The molecular weight excluding hydrogens is 410 g/mol. The number of aromatic nitrogens is 1. The summed E-state index contributed by atoms with van der Waals surface area (Å²) in [5.41, 5.74) is 3.06. The predicted molar refractivity (Wildman–Crippen MR) is 122 cm³/mol. The van der Waals surface area contributed by atoms with Gasteiger partial charge in [0.05, 0.1) is 12.2 Å². The lowest BCUT2D eigenvalue weighted by atomic mass is 9.88. The molecule has 3 aromatic rings. The zero-order valence-electron chi connectivity index (χ0n) is 17.5. The fourth-order valence-corrected chi connectivity index (χ4v) is 5.34. The van der Waals surface area contributed by atoms with Gasteiger partial charge in [0.15, 0.2) is 0 Å². The summed E-state index contributed by atoms with van der Waals surface area (Å²) in [6, 6.07) is 9.67. The van der Waals surface area contributed by atoms with Gasteiger partial charge in [-0.1, -0.05) is 25.1 Å². The van der Waals surface area contributed by atoms with Crippen LogP contribution in [0.25, 0.3) is 17.0 Å². The molecule has 2 heterocycles. The van der Waals surface area contributed by atoms with Gasteiger partial charge in [-0.3, -0.25) is 4.79 Å². The second-order valence-corrected chi connectivity index (χ2v) is 8.80. The van der Waals surface area contributed by atoms with Crippen LogP contribution in [-0.2, 0) is 22.4 Å². The van der Waals surface area contributed by atoms with E-state index in [0.29, 0.717) is 16.5 Å². The first-order valence-electron chi connectivity index (χ1n) is 10.3. The zero-order valence-corrected chi connectivity index (χ0v) is 18.3. The normalized spacial score (nSPS) is 15.9. The van der Waals surface area contributed by atoms with Crippen LogP contribution in [0.3, 0.4) is 0 Å². The molecule has 4 rings (SSSR count). The fraction of sp³-hybridized carbons (Fsp3) is 0.292. The van der Waals surface area contributed by atoms with Crippen LogP contribution in [-0.4, -0.2) is 23.5 Å². The Morgan fingerprint density at radius 2 is 2.19 bits per heavy atom. The summed E-state index contributed by atoms with van der Waals surface area (Å²) in [6.45, 7) is 4.20. The van der Waals surface area contributed by atoms with Gasteiger partial charge in [-0.05, 0) is 49.8 Å². The molecule has 2 N–H and O–H groups in total. The number of nitrogens with one attached hydrogen (secondary N) is 2. The van der Waals surface area contributed by atoms with E-state index in [1.807, 2.05) is 30.3 Å². The summed E-state index contributed by atoms with van der Waals surface area (Å²) >= 11 is 1.41. The molecule has 1 aromatic carbocycles.